The fourth-order valence-electron chi connectivity index (χ4n) is 2.86. The van der Waals surface area contributed by atoms with Gasteiger partial charge in [-0.2, -0.15) is 0 Å². The van der Waals surface area contributed by atoms with E-state index in [1.807, 2.05) is 0 Å². The number of carbonyl (C=O) groups is 2. The van der Waals surface area contributed by atoms with E-state index in [2.05, 4.69) is 5.32 Å². The SMILES string of the molecule is CCCS(=O)(=O)c1ccc(NC(=O)Oc2ccccc2)cc1CN(C)C(=O)OC(C)(C)C. The van der Waals surface area contributed by atoms with Gasteiger partial charge in [-0.1, -0.05) is 25.1 Å². The molecule has 2 rings (SSSR count). The van der Waals surface area contributed by atoms with E-state index in [4.69, 9.17) is 9.47 Å². The van der Waals surface area contributed by atoms with Gasteiger partial charge in [0.05, 0.1) is 17.2 Å². The third-order valence-electron chi connectivity index (χ3n) is 4.18. The van der Waals surface area contributed by atoms with Crippen molar-refractivity contribution in [3.8, 4) is 5.75 Å². The Morgan fingerprint density at radius 3 is 2.31 bits per heavy atom. The summed E-state index contributed by atoms with van der Waals surface area (Å²) in [4.78, 5) is 26.0. The second-order valence-electron chi connectivity index (χ2n) is 8.31. The molecule has 32 heavy (non-hydrogen) atoms. The molecule has 0 bridgehead atoms. The van der Waals surface area contributed by atoms with Crippen molar-refractivity contribution in [1.82, 2.24) is 4.90 Å². The molecule has 0 aromatic heterocycles. The minimum atomic E-state index is -3.56. The van der Waals surface area contributed by atoms with E-state index in [-0.39, 0.29) is 17.2 Å². The Labute approximate surface area is 189 Å². The van der Waals surface area contributed by atoms with Gasteiger partial charge >= 0.3 is 12.2 Å². The smallest absolute Gasteiger partial charge is 0.417 e. The van der Waals surface area contributed by atoms with Crippen LogP contribution in [0.25, 0.3) is 0 Å². The summed E-state index contributed by atoms with van der Waals surface area (Å²) in [5.74, 6) is 0.343. The predicted molar refractivity (Wildman–Crippen MR) is 123 cm³/mol. The van der Waals surface area contributed by atoms with Crippen molar-refractivity contribution in [2.24, 2.45) is 0 Å². The summed E-state index contributed by atoms with van der Waals surface area (Å²) in [5.41, 5.74) is 0.0193. The molecule has 0 aliphatic heterocycles. The van der Waals surface area contributed by atoms with Crippen molar-refractivity contribution in [3.63, 3.8) is 0 Å². The number of ether oxygens (including phenoxy) is 2. The van der Waals surface area contributed by atoms with Crippen LogP contribution in [0.2, 0.25) is 0 Å². The van der Waals surface area contributed by atoms with E-state index in [0.29, 0.717) is 23.4 Å². The molecule has 0 aliphatic rings. The number of anilines is 1. The molecule has 8 nitrogen and oxygen atoms in total. The summed E-state index contributed by atoms with van der Waals surface area (Å²) >= 11 is 0. The van der Waals surface area contributed by atoms with Crippen molar-refractivity contribution in [1.29, 1.82) is 0 Å². The molecule has 2 amide bonds. The summed E-state index contributed by atoms with van der Waals surface area (Å²) in [6, 6.07) is 13.0. The minimum Gasteiger partial charge on any atom is -0.444 e. The molecule has 0 spiro atoms. The second kappa shape index (κ2) is 10.5. The third kappa shape index (κ3) is 7.56. The number of sulfone groups is 1. The molecule has 1 N–H and O–H groups in total. The topological polar surface area (TPSA) is 102 Å². The van der Waals surface area contributed by atoms with Gasteiger partial charge in [0.15, 0.2) is 9.84 Å². The third-order valence-corrected chi connectivity index (χ3v) is 6.20. The monoisotopic (exact) mass is 462 g/mol. The van der Waals surface area contributed by atoms with Crippen LogP contribution in [0.3, 0.4) is 0 Å². The van der Waals surface area contributed by atoms with Crippen molar-refractivity contribution < 1.29 is 27.5 Å². The van der Waals surface area contributed by atoms with Crippen LogP contribution in [0.5, 0.6) is 5.75 Å². The molecule has 0 fully saturated rings. The Balaban J connectivity index is 2.29. The maximum Gasteiger partial charge on any atom is 0.417 e. The Kier molecular flexibility index (Phi) is 8.26. The largest absolute Gasteiger partial charge is 0.444 e. The molecule has 0 heterocycles. The quantitative estimate of drug-likeness (QED) is 0.631. The van der Waals surface area contributed by atoms with Crippen LogP contribution >= 0.6 is 0 Å². The number of nitrogens with one attached hydrogen (secondary N) is 1. The van der Waals surface area contributed by atoms with E-state index >= 15 is 0 Å². The van der Waals surface area contributed by atoms with Crippen LogP contribution in [-0.4, -0.2) is 43.9 Å². The van der Waals surface area contributed by atoms with Gasteiger partial charge in [-0.25, -0.2) is 18.0 Å². The lowest BCUT2D eigenvalue weighted by Gasteiger charge is -2.25. The first-order valence-corrected chi connectivity index (χ1v) is 11.9. The molecule has 0 unspecified atom stereocenters. The average molecular weight is 463 g/mol. The molecule has 2 aromatic rings. The van der Waals surface area contributed by atoms with Gasteiger partial charge in [0.1, 0.15) is 11.4 Å². The van der Waals surface area contributed by atoms with Gasteiger partial charge < -0.3 is 14.4 Å². The molecule has 9 heteroatoms. The molecule has 0 aliphatic carbocycles. The highest BCUT2D eigenvalue weighted by Crippen LogP contribution is 2.24. The van der Waals surface area contributed by atoms with Crippen molar-refractivity contribution in [3.05, 3.63) is 54.1 Å². The number of hydrogen-bond acceptors (Lipinski definition) is 6. The summed E-state index contributed by atoms with van der Waals surface area (Å²) < 4.78 is 36.1. The zero-order valence-corrected chi connectivity index (χ0v) is 19.9. The van der Waals surface area contributed by atoms with E-state index < -0.39 is 27.6 Å². The normalized spacial score (nSPS) is 11.5. The van der Waals surface area contributed by atoms with E-state index in [1.54, 1.807) is 58.0 Å². The highest BCUT2D eigenvalue weighted by Gasteiger charge is 2.24. The number of rotatable bonds is 7. The molecular formula is C23H30N2O6S. The van der Waals surface area contributed by atoms with E-state index in [0.717, 1.165) is 0 Å². The first-order valence-electron chi connectivity index (χ1n) is 10.2. The van der Waals surface area contributed by atoms with Gasteiger partial charge in [-0.05, 0) is 63.1 Å². The molecule has 0 saturated carbocycles. The fourth-order valence-corrected chi connectivity index (χ4v) is 4.42. The van der Waals surface area contributed by atoms with Crippen LogP contribution in [0.15, 0.2) is 53.4 Å². The van der Waals surface area contributed by atoms with E-state index in [9.17, 15) is 18.0 Å². The standard InChI is InChI=1S/C23H30N2O6S/c1-6-14-32(28,29)20-13-12-18(24-21(26)30-19-10-8-7-9-11-19)15-17(20)16-25(5)22(27)31-23(2,3)4/h7-13,15H,6,14,16H2,1-5H3,(H,24,26). The van der Waals surface area contributed by atoms with Gasteiger partial charge in [0.25, 0.3) is 0 Å². The molecule has 174 valence electrons. The summed E-state index contributed by atoms with van der Waals surface area (Å²) in [5, 5.41) is 2.59. The maximum atomic E-state index is 12.8. The predicted octanol–water partition coefficient (Wildman–Crippen LogP) is 4.85. The van der Waals surface area contributed by atoms with Crippen LogP contribution in [0, 0.1) is 0 Å². The van der Waals surface area contributed by atoms with Gasteiger partial charge in [-0.3, -0.25) is 5.32 Å². The Bertz CT molecular complexity index is 1050. The second-order valence-corrected chi connectivity index (χ2v) is 10.4. The molecule has 0 saturated heterocycles. The van der Waals surface area contributed by atoms with Gasteiger partial charge in [-0.15, -0.1) is 0 Å². The maximum absolute atomic E-state index is 12.8. The first-order chi connectivity index (χ1) is 14.9. The minimum absolute atomic E-state index is 0.0174. The van der Waals surface area contributed by atoms with Gasteiger partial charge in [0.2, 0.25) is 0 Å². The van der Waals surface area contributed by atoms with Crippen molar-refractivity contribution in [2.45, 2.75) is 51.2 Å². The Morgan fingerprint density at radius 2 is 1.72 bits per heavy atom. The summed E-state index contributed by atoms with van der Waals surface area (Å²) in [7, 11) is -2.04. The lowest BCUT2D eigenvalue weighted by Crippen LogP contribution is -2.34. The lowest BCUT2D eigenvalue weighted by atomic mass is 10.2. The van der Waals surface area contributed by atoms with Crippen LogP contribution in [-0.2, 0) is 21.1 Å². The number of carbonyl (C=O) groups excluding carboxylic acids is 2. The molecular weight excluding hydrogens is 432 g/mol. The number of amides is 2. The van der Waals surface area contributed by atoms with Crippen molar-refractivity contribution >= 4 is 27.7 Å². The van der Waals surface area contributed by atoms with Crippen molar-refractivity contribution in [2.75, 3.05) is 18.1 Å². The fraction of sp³-hybridized carbons (Fsp3) is 0.391. The Morgan fingerprint density at radius 1 is 1.06 bits per heavy atom. The number of benzene rings is 2. The highest BCUT2D eigenvalue weighted by molar-refractivity contribution is 7.91. The number of para-hydroxylation sites is 1. The zero-order valence-electron chi connectivity index (χ0n) is 19.0. The molecule has 2 aromatic carbocycles. The number of hydrogen-bond donors (Lipinski definition) is 1. The summed E-state index contributed by atoms with van der Waals surface area (Å²) in [6.07, 6.45) is -0.849. The molecule has 0 atom stereocenters. The average Bonchev–Trinajstić information content (AvgIpc) is 2.67. The van der Waals surface area contributed by atoms with Gasteiger partial charge in [0, 0.05) is 12.7 Å². The number of nitrogens with zero attached hydrogens (tertiary/aromatic N) is 1. The van der Waals surface area contributed by atoms with Crippen LogP contribution in [0.4, 0.5) is 15.3 Å². The van der Waals surface area contributed by atoms with E-state index in [1.165, 1.54) is 30.1 Å². The highest BCUT2D eigenvalue weighted by atomic mass is 32.2. The van der Waals surface area contributed by atoms with Crippen LogP contribution < -0.4 is 10.1 Å². The molecule has 0 radical (unpaired) electrons. The lowest BCUT2D eigenvalue weighted by molar-refractivity contribution is 0.0283. The Hall–Kier alpha value is -3.07. The zero-order chi connectivity index (χ0) is 23.9. The summed E-state index contributed by atoms with van der Waals surface area (Å²) in [6.45, 7) is 7.01. The first kappa shape index (κ1) is 25.2. The van der Waals surface area contributed by atoms with Crippen LogP contribution in [0.1, 0.15) is 39.7 Å².